The van der Waals surface area contributed by atoms with Crippen LogP contribution in [-0.2, 0) is 4.74 Å². The first kappa shape index (κ1) is 14.8. The minimum Gasteiger partial charge on any atom is -0.378 e. The van der Waals surface area contributed by atoms with E-state index < -0.39 is 0 Å². The summed E-state index contributed by atoms with van der Waals surface area (Å²) < 4.78 is 5.40. The Bertz CT molecular complexity index is 858. The van der Waals surface area contributed by atoms with Crippen molar-refractivity contribution in [3.05, 3.63) is 40.9 Å². The number of aromatic nitrogens is 3. The number of aromatic amines is 1. The number of benzene rings is 1. The Labute approximate surface area is 143 Å². The van der Waals surface area contributed by atoms with Crippen molar-refractivity contribution in [3.8, 4) is 11.3 Å². The number of hydrogen-bond acceptors (Lipinski definition) is 4. The van der Waals surface area contributed by atoms with Crippen molar-refractivity contribution in [2.75, 3.05) is 31.2 Å². The van der Waals surface area contributed by atoms with E-state index in [-0.39, 0.29) is 5.28 Å². The van der Waals surface area contributed by atoms with Crippen molar-refractivity contribution in [2.45, 2.75) is 0 Å². The fraction of sp³-hybridized carbons (Fsp3) is 0.250. The van der Waals surface area contributed by atoms with Crippen LogP contribution in [0.1, 0.15) is 0 Å². The first-order valence-electron chi connectivity index (χ1n) is 7.34. The maximum Gasteiger partial charge on any atom is 0.222 e. The summed E-state index contributed by atoms with van der Waals surface area (Å²) in [5.74, 6) is 0. The summed E-state index contributed by atoms with van der Waals surface area (Å²) in [5, 5.41) is 1.72. The molecule has 0 saturated carbocycles. The Morgan fingerprint density at radius 3 is 2.83 bits per heavy atom. The first-order valence-corrected chi connectivity index (χ1v) is 8.10. The van der Waals surface area contributed by atoms with Crippen LogP contribution in [0.4, 0.5) is 5.69 Å². The predicted octanol–water partition coefficient (Wildman–Crippen LogP) is 3.77. The highest BCUT2D eigenvalue weighted by atomic mass is 35.5. The quantitative estimate of drug-likeness (QED) is 0.716. The maximum atomic E-state index is 6.22. The number of H-pyrrole nitrogens is 1. The van der Waals surface area contributed by atoms with Gasteiger partial charge >= 0.3 is 0 Å². The third kappa shape index (κ3) is 2.76. The van der Waals surface area contributed by atoms with Crippen LogP contribution in [0.25, 0.3) is 22.2 Å². The van der Waals surface area contributed by atoms with Gasteiger partial charge in [0, 0.05) is 41.4 Å². The van der Waals surface area contributed by atoms with Crippen molar-refractivity contribution < 1.29 is 4.74 Å². The molecule has 4 rings (SSSR count). The van der Waals surface area contributed by atoms with E-state index in [0.717, 1.165) is 42.8 Å². The third-order valence-electron chi connectivity index (χ3n) is 4.01. The first-order chi connectivity index (χ1) is 11.2. The molecule has 1 aromatic carbocycles. The Kier molecular flexibility index (Phi) is 3.85. The smallest absolute Gasteiger partial charge is 0.222 e. The van der Waals surface area contributed by atoms with Gasteiger partial charge < -0.3 is 14.6 Å². The van der Waals surface area contributed by atoms with Crippen LogP contribution in [0.5, 0.6) is 0 Å². The maximum absolute atomic E-state index is 6.22. The van der Waals surface area contributed by atoms with Crippen LogP contribution in [0.3, 0.4) is 0 Å². The molecule has 118 valence electrons. The summed E-state index contributed by atoms with van der Waals surface area (Å²) in [4.78, 5) is 13.8. The topological polar surface area (TPSA) is 54.0 Å². The van der Waals surface area contributed by atoms with E-state index in [1.807, 2.05) is 6.20 Å². The largest absolute Gasteiger partial charge is 0.378 e. The third-order valence-corrected chi connectivity index (χ3v) is 4.47. The molecule has 5 nitrogen and oxygen atoms in total. The molecule has 0 atom stereocenters. The molecule has 1 aliphatic rings. The Balaban J connectivity index is 1.77. The number of anilines is 1. The van der Waals surface area contributed by atoms with Crippen molar-refractivity contribution in [1.82, 2.24) is 15.0 Å². The van der Waals surface area contributed by atoms with E-state index in [2.05, 4.69) is 38.1 Å². The summed E-state index contributed by atoms with van der Waals surface area (Å²) in [6.45, 7) is 3.35. The summed E-state index contributed by atoms with van der Waals surface area (Å²) >= 11 is 12.1. The highest BCUT2D eigenvalue weighted by Gasteiger charge is 2.15. The highest BCUT2D eigenvalue weighted by molar-refractivity contribution is 6.34. The van der Waals surface area contributed by atoms with Crippen molar-refractivity contribution in [3.63, 3.8) is 0 Å². The number of rotatable bonds is 2. The van der Waals surface area contributed by atoms with Crippen molar-refractivity contribution in [1.29, 1.82) is 0 Å². The fourth-order valence-corrected chi connectivity index (χ4v) is 3.19. The SMILES string of the molecule is Clc1ncc(Cl)c(-c2c[nH]c3cc(N4CCOCC4)ccc23)n1. The second kappa shape index (κ2) is 6.00. The summed E-state index contributed by atoms with van der Waals surface area (Å²) in [7, 11) is 0. The van der Waals surface area contributed by atoms with Gasteiger partial charge in [0.2, 0.25) is 5.28 Å². The van der Waals surface area contributed by atoms with E-state index in [4.69, 9.17) is 27.9 Å². The number of halogens is 2. The average Bonchev–Trinajstić information content (AvgIpc) is 3.01. The second-order valence-electron chi connectivity index (χ2n) is 5.37. The summed E-state index contributed by atoms with van der Waals surface area (Å²) in [6.07, 6.45) is 3.42. The van der Waals surface area contributed by atoms with E-state index >= 15 is 0 Å². The molecule has 1 fully saturated rings. The normalized spacial score (nSPS) is 15.3. The Morgan fingerprint density at radius 1 is 1.17 bits per heavy atom. The fourth-order valence-electron chi connectivity index (χ4n) is 2.86. The van der Waals surface area contributed by atoms with Gasteiger partial charge in [-0.05, 0) is 23.7 Å². The minimum absolute atomic E-state index is 0.184. The number of morpholine rings is 1. The molecule has 0 radical (unpaired) electrons. The van der Waals surface area contributed by atoms with Crippen molar-refractivity contribution >= 4 is 39.8 Å². The molecular weight excluding hydrogens is 335 g/mol. The zero-order chi connectivity index (χ0) is 15.8. The predicted molar refractivity (Wildman–Crippen MR) is 92.4 cm³/mol. The number of hydrogen-bond donors (Lipinski definition) is 1. The molecule has 7 heteroatoms. The molecule has 23 heavy (non-hydrogen) atoms. The average molecular weight is 349 g/mol. The van der Waals surface area contributed by atoms with Crippen LogP contribution in [0, 0.1) is 0 Å². The molecular formula is C16H14Cl2N4O. The van der Waals surface area contributed by atoms with Gasteiger partial charge in [-0.1, -0.05) is 17.7 Å². The Hall–Kier alpha value is -1.82. The Morgan fingerprint density at radius 2 is 2.00 bits per heavy atom. The summed E-state index contributed by atoms with van der Waals surface area (Å²) in [6, 6.07) is 6.33. The molecule has 0 unspecified atom stereocenters. The van der Waals surface area contributed by atoms with E-state index in [0.29, 0.717) is 10.7 Å². The van der Waals surface area contributed by atoms with Gasteiger partial charge in [-0.15, -0.1) is 0 Å². The molecule has 1 N–H and O–H groups in total. The van der Waals surface area contributed by atoms with E-state index in [1.54, 1.807) is 0 Å². The molecule has 1 saturated heterocycles. The van der Waals surface area contributed by atoms with Gasteiger partial charge in [0.15, 0.2) is 0 Å². The standard InChI is InChI=1S/C16H14Cl2N4O/c17-13-9-20-16(18)21-15(13)12-8-19-14-7-10(1-2-11(12)14)22-3-5-23-6-4-22/h1-2,7-9,19H,3-6H2. The van der Waals surface area contributed by atoms with Gasteiger partial charge in [-0.3, -0.25) is 0 Å². The van der Waals surface area contributed by atoms with E-state index in [9.17, 15) is 0 Å². The molecule has 0 spiro atoms. The lowest BCUT2D eigenvalue weighted by molar-refractivity contribution is 0.122. The molecule has 2 aromatic heterocycles. The number of ether oxygens (including phenoxy) is 1. The van der Waals surface area contributed by atoms with Crippen LogP contribution in [-0.4, -0.2) is 41.3 Å². The molecule has 3 aromatic rings. The molecule has 0 bridgehead atoms. The van der Waals surface area contributed by atoms with Gasteiger partial charge in [0.1, 0.15) is 0 Å². The number of nitrogens with zero attached hydrogens (tertiary/aromatic N) is 3. The molecule has 0 aliphatic carbocycles. The monoisotopic (exact) mass is 348 g/mol. The second-order valence-corrected chi connectivity index (χ2v) is 6.11. The molecule has 3 heterocycles. The van der Waals surface area contributed by atoms with Gasteiger partial charge in [-0.25, -0.2) is 9.97 Å². The molecule has 0 amide bonds. The lowest BCUT2D eigenvalue weighted by Crippen LogP contribution is -2.36. The number of nitrogens with one attached hydrogen (secondary N) is 1. The lowest BCUT2D eigenvalue weighted by Gasteiger charge is -2.28. The highest BCUT2D eigenvalue weighted by Crippen LogP contribution is 2.34. The van der Waals surface area contributed by atoms with Crippen molar-refractivity contribution in [2.24, 2.45) is 0 Å². The van der Waals surface area contributed by atoms with Crippen LogP contribution in [0.2, 0.25) is 10.3 Å². The number of fused-ring (bicyclic) bond motifs is 1. The van der Waals surface area contributed by atoms with E-state index in [1.165, 1.54) is 11.9 Å². The van der Waals surface area contributed by atoms with Crippen LogP contribution in [0.15, 0.2) is 30.6 Å². The minimum atomic E-state index is 0.184. The van der Waals surface area contributed by atoms with Crippen LogP contribution >= 0.6 is 23.2 Å². The summed E-state index contributed by atoms with van der Waals surface area (Å²) in [5.41, 5.74) is 3.77. The molecule has 1 aliphatic heterocycles. The lowest BCUT2D eigenvalue weighted by atomic mass is 10.1. The zero-order valence-corrected chi connectivity index (χ0v) is 13.7. The van der Waals surface area contributed by atoms with Gasteiger partial charge in [-0.2, -0.15) is 0 Å². The zero-order valence-electron chi connectivity index (χ0n) is 12.2. The van der Waals surface area contributed by atoms with Crippen LogP contribution < -0.4 is 4.90 Å². The van der Waals surface area contributed by atoms with Gasteiger partial charge in [0.25, 0.3) is 0 Å². The van der Waals surface area contributed by atoms with Gasteiger partial charge in [0.05, 0.1) is 30.1 Å².